The summed E-state index contributed by atoms with van der Waals surface area (Å²) in [5, 5.41) is 3.23. The second-order valence-corrected chi connectivity index (χ2v) is 5.11. The molecule has 0 heterocycles. The summed E-state index contributed by atoms with van der Waals surface area (Å²) >= 11 is 0. The smallest absolute Gasteiger partial charge is 0.405 e. The van der Waals surface area contributed by atoms with Crippen molar-refractivity contribution in [2.75, 3.05) is 6.54 Å². The standard InChI is InChI=1S/C14H18F3NO/c1-2-13(7-8-13)10-18-9-11-5-3-4-6-12(11)19-14(15,16)17/h3-6,18H,2,7-10H2,1H3. The van der Waals surface area contributed by atoms with E-state index in [9.17, 15) is 13.2 Å². The van der Waals surface area contributed by atoms with Crippen molar-refractivity contribution in [3.05, 3.63) is 29.8 Å². The normalized spacial score (nSPS) is 17.3. The monoisotopic (exact) mass is 273 g/mol. The molecule has 0 saturated heterocycles. The second-order valence-electron chi connectivity index (χ2n) is 5.11. The zero-order valence-electron chi connectivity index (χ0n) is 10.9. The van der Waals surface area contributed by atoms with Crippen LogP contribution in [0.5, 0.6) is 5.75 Å². The zero-order valence-corrected chi connectivity index (χ0v) is 10.9. The molecule has 2 nitrogen and oxygen atoms in total. The van der Waals surface area contributed by atoms with Crippen molar-refractivity contribution in [3.63, 3.8) is 0 Å². The number of benzene rings is 1. The van der Waals surface area contributed by atoms with Crippen LogP contribution in [0.1, 0.15) is 31.7 Å². The number of nitrogens with one attached hydrogen (secondary N) is 1. The van der Waals surface area contributed by atoms with Crippen LogP contribution in [0.4, 0.5) is 13.2 Å². The Morgan fingerprint density at radius 3 is 2.53 bits per heavy atom. The largest absolute Gasteiger partial charge is 0.573 e. The lowest BCUT2D eigenvalue weighted by Gasteiger charge is -2.16. The molecule has 19 heavy (non-hydrogen) atoms. The summed E-state index contributed by atoms with van der Waals surface area (Å²) in [4.78, 5) is 0. The van der Waals surface area contributed by atoms with E-state index in [0.29, 0.717) is 17.5 Å². The van der Waals surface area contributed by atoms with E-state index in [4.69, 9.17) is 0 Å². The molecule has 1 fully saturated rings. The molecular formula is C14H18F3NO. The molecule has 1 aromatic rings. The number of hydrogen-bond donors (Lipinski definition) is 1. The van der Waals surface area contributed by atoms with E-state index in [0.717, 1.165) is 13.0 Å². The average molecular weight is 273 g/mol. The lowest BCUT2D eigenvalue weighted by Crippen LogP contribution is -2.24. The maximum atomic E-state index is 12.3. The minimum Gasteiger partial charge on any atom is -0.405 e. The van der Waals surface area contributed by atoms with E-state index in [2.05, 4.69) is 17.0 Å². The van der Waals surface area contributed by atoms with Gasteiger partial charge in [0.05, 0.1) is 0 Å². The lowest BCUT2D eigenvalue weighted by molar-refractivity contribution is -0.274. The molecule has 5 heteroatoms. The van der Waals surface area contributed by atoms with Crippen LogP contribution in [0, 0.1) is 5.41 Å². The van der Waals surface area contributed by atoms with Gasteiger partial charge in [-0.05, 0) is 30.7 Å². The minimum atomic E-state index is -4.64. The van der Waals surface area contributed by atoms with Gasteiger partial charge in [0.25, 0.3) is 0 Å². The highest BCUT2D eigenvalue weighted by molar-refractivity contribution is 5.33. The highest BCUT2D eigenvalue weighted by Gasteiger charge is 2.40. The van der Waals surface area contributed by atoms with Gasteiger partial charge in [-0.3, -0.25) is 0 Å². The number of alkyl halides is 3. The fraction of sp³-hybridized carbons (Fsp3) is 0.571. The van der Waals surface area contributed by atoms with Gasteiger partial charge in [-0.1, -0.05) is 25.1 Å². The first-order chi connectivity index (χ1) is 8.94. The summed E-state index contributed by atoms with van der Waals surface area (Å²) in [6, 6.07) is 6.25. The number of halogens is 3. The van der Waals surface area contributed by atoms with Crippen molar-refractivity contribution < 1.29 is 17.9 Å². The fourth-order valence-electron chi connectivity index (χ4n) is 2.17. The third-order valence-electron chi connectivity index (χ3n) is 3.72. The van der Waals surface area contributed by atoms with E-state index in [1.54, 1.807) is 18.2 Å². The molecule has 0 radical (unpaired) electrons. The van der Waals surface area contributed by atoms with Crippen LogP contribution in [-0.4, -0.2) is 12.9 Å². The molecule has 1 N–H and O–H groups in total. The molecule has 1 saturated carbocycles. The Bertz CT molecular complexity index is 427. The molecule has 0 unspecified atom stereocenters. The summed E-state index contributed by atoms with van der Waals surface area (Å²) in [7, 11) is 0. The minimum absolute atomic E-state index is 0.121. The molecule has 0 spiro atoms. The molecule has 1 aromatic carbocycles. The molecule has 0 aromatic heterocycles. The Morgan fingerprint density at radius 1 is 1.26 bits per heavy atom. The molecule has 0 amide bonds. The average Bonchev–Trinajstić information content (AvgIpc) is 3.10. The lowest BCUT2D eigenvalue weighted by atomic mass is 10.0. The summed E-state index contributed by atoms with van der Waals surface area (Å²) < 4.78 is 40.8. The predicted molar refractivity (Wildman–Crippen MR) is 66.8 cm³/mol. The van der Waals surface area contributed by atoms with Crippen LogP contribution >= 0.6 is 0 Å². The van der Waals surface area contributed by atoms with E-state index >= 15 is 0 Å². The summed E-state index contributed by atoms with van der Waals surface area (Å²) in [6.07, 6.45) is -1.12. The Kier molecular flexibility index (Phi) is 4.04. The molecular weight excluding hydrogens is 255 g/mol. The summed E-state index contributed by atoms with van der Waals surface area (Å²) in [6.45, 7) is 3.40. The highest BCUT2D eigenvalue weighted by atomic mass is 19.4. The van der Waals surface area contributed by atoms with Gasteiger partial charge >= 0.3 is 6.36 Å². The Balaban J connectivity index is 1.92. The first-order valence-electron chi connectivity index (χ1n) is 6.48. The van der Waals surface area contributed by atoms with Crippen LogP contribution in [0.3, 0.4) is 0 Å². The molecule has 0 bridgehead atoms. The van der Waals surface area contributed by atoms with Crippen LogP contribution in [0.15, 0.2) is 24.3 Å². The van der Waals surface area contributed by atoms with E-state index in [1.807, 2.05) is 0 Å². The number of ether oxygens (including phenoxy) is 1. The van der Waals surface area contributed by atoms with Crippen LogP contribution < -0.4 is 10.1 Å². The molecule has 1 aliphatic rings. The van der Waals surface area contributed by atoms with Gasteiger partial charge in [0.15, 0.2) is 0 Å². The zero-order chi connectivity index (χ0) is 13.9. The van der Waals surface area contributed by atoms with Gasteiger partial charge in [0.2, 0.25) is 0 Å². The maximum Gasteiger partial charge on any atom is 0.573 e. The van der Waals surface area contributed by atoms with Crippen molar-refractivity contribution >= 4 is 0 Å². The van der Waals surface area contributed by atoms with Gasteiger partial charge in [0, 0.05) is 18.7 Å². The number of hydrogen-bond acceptors (Lipinski definition) is 2. The van der Waals surface area contributed by atoms with Crippen molar-refractivity contribution in [2.45, 2.75) is 39.1 Å². The van der Waals surface area contributed by atoms with Gasteiger partial charge in [-0.2, -0.15) is 0 Å². The summed E-state index contributed by atoms with van der Waals surface area (Å²) in [5.41, 5.74) is 0.909. The maximum absolute atomic E-state index is 12.3. The third kappa shape index (κ3) is 4.13. The molecule has 106 valence electrons. The van der Waals surface area contributed by atoms with Crippen molar-refractivity contribution in [2.24, 2.45) is 5.41 Å². The molecule has 2 rings (SSSR count). The fourth-order valence-corrected chi connectivity index (χ4v) is 2.17. The van der Waals surface area contributed by atoms with Gasteiger partial charge in [-0.15, -0.1) is 13.2 Å². The van der Waals surface area contributed by atoms with Gasteiger partial charge in [-0.25, -0.2) is 0 Å². The van der Waals surface area contributed by atoms with Crippen LogP contribution in [0.25, 0.3) is 0 Å². The van der Waals surface area contributed by atoms with E-state index < -0.39 is 6.36 Å². The highest BCUT2D eigenvalue weighted by Crippen LogP contribution is 2.47. The SMILES string of the molecule is CCC1(CNCc2ccccc2OC(F)(F)F)CC1. The van der Waals surface area contributed by atoms with Gasteiger partial charge < -0.3 is 10.1 Å². The Morgan fingerprint density at radius 2 is 1.95 bits per heavy atom. The second kappa shape index (κ2) is 5.41. The van der Waals surface area contributed by atoms with E-state index in [1.165, 1.54) is 18.9 Å². The Labute approximate surface area is 111 Å². The molecule has 0 atom stereocenters. The quantitative estimate of drug-likeness (QED) is 0.849. The first-order valence-corrected chi connectivity index (χ1v) is 6.48. The molecule has 0 aliphatic heterocycles. The first kappa shape index (κ1) is 14.2. The van der Waals surface area contributed by atoms with Crippen molar-refractivity contribution in [3.8, 4) is 5.75 Å². The Hall–Kier alpha value is -1.23. The van der Waals surface area contributed by atoms with Crippen LogP contribution in [-0.2, 0) is 6.54 Å². The predicted octanol–water partition coefficient (Wildman–Crippen LogP) is 3.87. The summed E-state index contributed by atoms with van der Waals surface area (Å²) in [5.74, 6) is -0.121. The van der Waals surface area contributed by atoms with Gasteiger partial charge in [0.1, 0.15) is 5.75 Å². The van der Waals surface area contributed by atoms with Crippen molar-refractivity contribution in [1.82, 2.24) is 5.32 Å². The van der Waals surface area contributed by atoms with E-state index in [-0.39, 0.29) is 5.75 Å². The topological polar surface area (TPSA) is 21.3 Å². The molecule has 1 aliphatic carbocycles. The van der Waals surface area contributed by atoms with Crippen LogP contribution in [0.2, 0.25) is 0 Å². The third-order valence-corrected chi connectivity index (χ3v) is 3.72. The van der Waals surface area contributed by atoms with Crippen molar-refractivity contribution in [1.29, 1.82) is 0 Å². The number of para-hydroxylation sites is 1. The number of rotatable bonds is 6.